The SMILES string of the molecule is COCCN(C)C(=O)c1ccc(C=CC(=O)NCC(=O)N(C)c2ccc(Cl)c(COc3cccn4c(Br)c(C)nc34)c2Cl)cc1.Cl. The number of methoxy groups -OCH3 is 1. The summed E-state index contributed by atoms with van der Waals surface area (Å²) >= 11 is 16.7. The van der Waals surface area contributed by atoms with E-state index in [0.717, 1.165) is 15.9 Å². The van der Waals surface area contributed by atoms with E-state index in [0.29, 0.717) is 46.4 Å². The Morgan fingerprint density at radius 3 is 2.50 bits per heavy atom. The minimum absolute atomic E-state index is 0. The number of fused-ring (bicyclic) bond motifs is 1. The van der Waals surface area contributed by atoms with Crippen LogP contribution in [0.2, 0.25) is 10.0 Å². The van der Waals surface area contributed by atoms with Gasteiger partial charge in [-0.05, 0) is 70.9 Å². The lowest BCUT2D eigenvalue weighted by atomic mass is 10.1. The van der Waals surface area contributed by atoms with Crippen molar-refractivity contribution in [1.82, 2.24) is 19.6 Å². The highest BCUT2D eigenvalue weighted by Gasteiger charge is 2.20. The Kier molecular flexibility index (Phi) is 13.5. The third kappa shape index (κ3) is 8.80. The molecule has 0 saturated carbocycles. The number of nitrogens with one attached hydrogen (secondary N) is 1. The van der Waals surface area contributed by atoms with Crippen LogP contribution in [-0.2, 0) is 20.9 Å². The van der Waals surface area contributed by atoms with Crippen LogP contribution in [0.15, 0.2) is 65.4 Å². The van der Waals surface area contributed by atoms with Crippen molar-refractivity contribution >= 4 is 86.7 Å². The third-order valence-corrected chi connectivity index (χ3v) is 8.70. The molecule has 0 bridgehead atoms. The molecule has 4 rings (SSSR count). The Morgan fingerprint density at radius 2 is 1.80 bits per heavy atom. The number of likely N-dealkylation sites (N-methyl/N-ethyl adjacent to an activating group) is 2. The minimum atomic E-state index is -0.456. The number of amides is 3. The smallest absolute Gasteiger partial charge is 0.253 e. The number of halogens is 4. The first-order valence-electron chi connectivity index (χ1n) is 13.8. The molecule has 1 N–H and O–H groups in total. The fraction of sp³-hybridized carbons (Fsp3) is 0.250. The van der Waals surface area contributed by atoms with Gasteiger partial charge >= 0.3 is 0 Å². The molecule has 0 aliphatic carbocycles. The molecule has 0 radical (unpaired) electrons. The third-order valence-electron chi connectivity index (χ3n) is 6.96. The Morgan fingerprint density at radius 1 is 1.09 bits per heavy atom. The van der Waals surface area contributed by atoms with Crippen molar-refractivity contribution in [2.24, 2.45) is 0 Å². The molecule has 2 aromatic heterocycles. The first-order valence-corrected chi connectivity index (χ1v) is 15.4. The normalized spacial score (nSPS) is 10.9. The molecule has 2 heterocycles. The summed E-state index contributed by atoms with van der Waals surface area (Å²) < 4.78 is 13.8. The number of aromatic nitrogens is 2. The molecule has 0 aliphatic heterocycles. The van der Waals surface area contributed by atoms with E-state index < -0.39 is 11.8 Å². The van der Waals surface area contributed by atoms with Gasteiger partial charge in [-0.1, -0.05) is 35.3 Å². The van der Waals surface area contributed by atoms with Crippen molar-refractivity contribution in [2.75, 3.05) is 45.8 Å². The number of pyridine rings is 1. The summed E-state index contributed by atoms with van der Waals surface area (Å²) in [6.07, 6.45) is 4.78. The number of nitrogens with zero attached hydrogens (tertiary/aromatic N) is 4. The molecule has 0 unspecified atom stereocenters. The molecule has 10 nitrogen and oxygen atoms in total. The van der Waals surface area contributed by atoms with Crippen LogP contribution in [0.25, 0.3) is 11.7 Å². The van der Waals surface area contributed by atoms with E-state index in [-0.39, 0.29) is 36.5 Å². The number of carbonyl (C=O) groups excluding carboxylic acids is 3. The van der Waals surface area contributed by atoms with Crippen molar-refractivity contribution in [3.05, 3.63) is 97.8 Å². The van der Waals surface area contributed by atoms with Crippen LogP contribution in [0.4, 0.5) is 5.69 Å². The van der Waals surface area contributed by atoms with Crippen molar-refractivity contribution < 1.29 is 23.9 Å². The average molecular weight is 754 g/mol. The zero-order chi connectivity index (χ0) is 32.7. The van der Waals surface area contributed by atoms with E-state index >= 15 is 0 Å². The van der Waals surface area contributed by atoms with E-state index in [1.54, 1.807) is 74.6 Å². The van der Waals surface area contributed by atoms with Gasteiger partial charge in [-0.2, -0.15) is 0 Å². The van der Waals surface area contributed by atoms with Crippen molar-refractivity contribution in [3.8, 4) is 5.75 Å². The van der Waals surface area contributed by atoms with Gasteiger partial charge in [0.05, 0.1) is 29.6 Å². The largest absolute Gasteiger partial charge is 0.485 e. The average Bonchev–Trinajstić information content (AvgIpc) is 3.34. The minimum Gasteiger partial charge on any atom is -0.485 e. The number of ether oxygens (including phenoxy) is 2. The highest BCUT2D eigenvalue weighted by atomic mass is 79.9. The molecule has 14 heteroatoms. The lowest BCUT2D eigenvalue weighted by Crippen LogP contribution is -2.37. The number of carbonyl (C=O) groups is 3. The molecular weight excluding hydrogens is 721 g/mol. The van der Waals surface area contributed by atoms with E-state index in [2.05, 4.69) is 26.2 Å². The predicted molar refractivity (Wildman–Crippen MR) is 186 cm³/mol. The highest BCUT2D eigenvalue weighted by molar-refractivity contribution is 9.10. The maximum Gasteiger partial charge on any atom is 0.253 e. The molecule has 4 aromatic rings. The van der Waals surface area contributed by atoms with Crippen LogP contribution < -0.4 is 15.0 Å². The van der Waals surface area contributed by atoms with Gasteiger partial charge in [-0.25, -0.2) is 4.98 Å². The van der Waals surface area contributed by atoms with Gasteiger partial charge in [-0.3, -0.25) is 18.8 Å². The van der Waals surface area contributed by atoms with E-state index in [1.807, 2.05) is 23.6 Å². The van der Waals surface area contributed by atoms with Crippen molar-refractivity contribution in [3.63, 3.8) is 0 Å². The van der Waals surface area contributed by atoms with Crippen LogP contribution >= 0.6 is 51.5 Å². The predicted octanol–water partition coefficient (Wildman–Crippen LogP) is 6.22. The molecule has 0 spiro atoms. The summed E-state index contributed by atoms with van der Waals surface area (Å²) in [4.78, 5) is 45.3. The summed E-state index contributed by atoms with van der Waals surface area (Å²) in [6.45, 7) is 2.59. The monoisotopic (exact) mass is 751 g/mol. The van der Waals surface area contributed by atoms with Crippen LogP contribution in [0.1, 0.15) is 27.2 Å². The summed E-state index contributed by atoms with van der Waals surface area (Å²) in [5, 5.41) is 3.22. The topological polar surface area (TPSA) is 105 Å². The second-order valence-electron chi connectivity index (χ2n) is 10.0. The maximum atomic E-state index is 13.0. The number of benzene rings is 2. The Labute approximate surface area is 291 Å². The standard InChI is InChI=1S/C32H32BrCl2N5O5.ClH/c1-20-30(33)40-15-5-6-26(31(40)37-20)45-19-23-24(34)12-13-25(29(23)35)39(3)28(42)18-36-27(41)14-9-21-7-10-22(11-8-21)32(43)38(2)16-17-44-4;/h5-15H,16-19H2,1-4H3,(H,36,41);1H. The number of imidazole rings is 1. The van der Waals surface area contributed by atoms with E-state index in [4.69, 9.17) is 32.7 Å². The summed E-state index contributed by atoms with van der Waals surface area (Å²) in [6, 6.07) is 13.8. The zero-order valence-electron chi connectivity index (χ0n) is 25.6. The number of aryl methyl sites for hydroxylation is 1. The van der Waals surface area contributed by atoms with Gasteiger partial charge in [0.15, 0.2) is 11.4 Å². The molecule has 2 aromatic carbocycles. The van der Waals surface area contributed by atoms with Crippen LogP contribution in [-0.4, -0.2) is 72.9 Å². The molecule has 0 saturated heterocycles. The molecule has 244 valence electrons. The van der Waals surface area contributed by atoms with E-state index in [9.17, 15) is 14.4 Å². The van der Waals surface area contributed by atoms with Crippen molar-refractivity contribution in [1.29, 1.82) is 0 Å². The highest BCUT2D eigenvalue weighted by Crippen LogP contribution is 2.35. The molecular formula is C32H33BrCl3N5O5. The lowest BCUT2D eigenvalue weighted by Gasteiger charge is -2.21. The van der Waals surface area contributed by atoms with Crippen LogP contribution in [0, 0.1) is 6.92 Å². The number of rotatable bonds is 12. The van der Waals surface area contributed by atoms with Gasteiger partial charge < -0.3 is 24.6 Å². The van der Waals surface area contributed by atoms with Gasteiger partial charge in [0.25, 0.3) is 5.91 Å². The Hall–Kier alpha value is -3.61. The molecule has 3 amide bonds. The number of hydrogen-bond donors (Lipinski definition) is 1. The number of anilines is 1. The fourth-order valence-corrected chi connectivity index (χ4v) is 5.28. The fourth-order valence-electron chi connectivity index (χ4n) is 4.30. The molecule has 46 heavy (non-hydrogen) atoms. The number of hydrogen-bond acceptors (Lipinski definition) is 6. The quantitative estimate of drug-likeness (QED) is 0.172. The van der Waals surface area contributed by atoms with Crippen molar-refractivity contribution in [2.45, 2.75) is 13.5 Å². The Bertz CT molecular complexity index is 1750. The first kappa shape index (κ1) is 36.9. The van der Waals surface area contributed by atoms with Gasteiger partial charge in [0.2, 0.25) is 11.8 Å². The summed E-state index contributed by atoms with van der Waals surface area (Å²) in [7, 11) is 4.85. The Balaban J connectivity index is 0.00000576. The van der Waals surface area contributed by atoms with Gasteiger partial charge in [0.1, 0.15) is 11.2 Å². The van der Waals surface area contributed by atoms with Gasteiger partial charge in [-0.15, -0.1) is 12.4 Å². The second-order valence-corrected chi connectivity index (χ2v) is 11.6. The van der Waals surface area contributed by atoms with Gasteiger partial charge in [0, 0.05) is 56.2 Å². The van der Waals surface area contributed by atoms with Crippen LogP contribution in [0.5, 0.6) is 5.75 Å². The summed E-state index contributed by atoms with van der Waals surface area (Å²) in [5.41, 5.74) is 3.61. The van der Waals surface area contributed by atoms with Crippen LogP contribution in [0.3, 0.4) is 0 Å². The lowest BCUT2D eigenvalue weighted by molar-refractivity contribution is -0.122. The zero-order valence-corrected chi connectivity index (χ0v) is 29.5. The summed E-state index contributed by atoms with van der Waals surface area (Å²) in [5.74, 6) is -0.434. The van der Waals surface area contributed by atoms with E-state index in [1.165, 1.54) is 11.0 Å². The maximum absolute atomic E-state index is 13.0. The molecule has 0 atom stereocenters. The second kappa shape index (κ2) is 16.8. The molecule has 0 aliphatic rings. The first-order chi connectivity index (χ1) is 21.5. The molecule has 0 fully saturated rings.